The topological polar surface area (TPSA) is 39.3 Å². The molecular weight excluding hydrogens is 320 g/mol. The summed E-state index contributed by atoms with van der Waals surface area (Å²) in [5, 5.41) is 10.6. The van der Waals surface area contributed by atoms with Crippen LogP contribution in [-0.4, -0.2) is 63.8 Å². The zero-order chi connectivity index (χ0) is 18.5. The standard InChI is InChI=1S/C22H48N4/c1-2-3-4-5-6-7-8-9-10-11-12-13-20-26-21-18-24-16-14-23-15-17-25-19-22-26/h23-25H,2-22H2,1H3. The van der Waals surface area contributed by atoms with Crippen LogP contribution < -0.4 is 16.0 Å². The van der Waals surface area contributed by atoms with Crippen molar-refractivity contribution in [2.45, 2.75) is 84.0 Å². The lowest BCUT2D eigenvalue weighted by Gasteiger charge is -2.23. The molecule has 0 bridgehead atoms. The van der Waals surface area contributed by atoms with Gasteiger partial charge in [0.15, 0.2) is 0 Å². The van der Waals surface area contributed by atoms with Crippen molar-refractivity contribution >= 4 is 0 Å². The molecule has 1 heterocycles. The minimum atomic E-state index is 1.08. The second kappa shape index (κ2) is 19.6. The zero-order valence-electron chi connectivity index (χ0n) is 17.8. The fourth-order valence-corrected chi connectivity index (χ4v) is 3.71. The summed E-state index contributed by atoms with van der Waals surface area (Å²) in [6.07, 6.45) is 17.2. The minimum Gasteiger partial charge on any atom is -0.314 e. The molecule has 0 atom stereocenters. The van der Waals surface area contributed by atoms with Gasteiger partial charge >= 0.3 is 0 Å². The maximum absolute atomic E-state index is 3.55. The molecule has 0 aromatic carbocycles. The lowest BCUT2D eigenvalue weighted by Crippen LogP contribution is -2.42. The number of unbranched alkanes of at least 4 members (excludes halogenated alkanes) is 11. The molecule has 4 heteroatoms. The molecule has 3 N–H and O–H groups in total. The van der Waals surface area contributed by atoms with Crippen LogP contribution in [0.25, 0.3) is 0 Å². The minimum absolute atomic E-state index is 1.08. The van der Waals surface area contributed by atoms with E-state index in [4.69, 9.17) is 0 Å². The Labute approximate surface area is 164 Å². The van der Waals surface area contributed by atoms with Gasteiger partial charge in [0.2, 0.25) is 0 Å². The molecule has 1 fully saturated rings. The van der Waals surface area contributed by atoms with Crippen molar-refractivity contribution < 1.29 is 0 Å². The molecule has 0 aromatic rings. The van der Waals surface area contributed by atoms with E-state index in [1.807, 2.05) is 0 Å². The van der Waals surface area contributed by atoms with Crippen LogP contribution >= 0.6 is 0 Å². The normalized spacial score (nSPS) is 18.3. The van der Waals surface area contributed by atoms with Crippen LogP contribution in [0, 0.1) is 0 Å². The fraction of sp³-hybridized carbons (Fsp3) is 1.00. The van der Waals surface area contributed by atoms with Crippen LogP contribution in [0.4, 0.5) is 0 Å². The van der Waals surface area contributed by atoms with Gasteiger partial charge in [-0.1, -0.05) is 77.6 Å². The molecule has 0 aliphatic carbocycles. The smallest absolute Gasteiger partial charge is 0.0107 e. The number of hydrogen-bond donors (Lipinski definition) is 3. The summed E-state index contributed by atoms with van der Waals surface area (Å²) < 4.78 is 0. The molecule has 0 radical (unpaired) electrons. The van der Waals surface area contributed by atoms with Gasteiger partial charge in [-0.15, -0.1) is 0 Å². The molecule has 26 heavy (non-hydrogen) atoms. The van der Waals surface area contributed by atoms with Gasteiger partial charge in [-0.2, -0.15) is 0 Å². The second-order valence-electron chi connectivity index (χ2n) is 7.98. The number of hydrogen-bond acceptors (Lipinski definition) is 4. The Balaban J connectivity index is 1.91. The van der Waals surface area contributed by atoms with Crippen LogP contribution in [0.2, 0.25) is 0 Å². The summed E-state index contributed by atoms with van der Waals surface area (Å²) in [5.74, 6) is 0. The predicted molar refractivity (Wildman–Crippen MR) is 116 cm³/mol. The van der Waals surface area contributed by atoms with E-state index in [1.54, 1.807) is 0 Å². The lowest BCUT2D eigenvalue weighted by molar-refractivity contribution is 0.264. The second-order valence-corrected chi connectivity index (χ2v) is 7.98. The van der Waals surface area contributed by atoms with Crippen LogP contribution in [-0.2, 0) is 0 Å². The van der Waals surface area contributed by atoms with Gasteiger partial charge in [0, 0.05) is 52.4 Å². The summed E-state index contributed by atoms with van der Waals surface area (Å²) in [5.41, 5.74) is 0. The van der Waals surface area contributed by atoms with Crippen molar-refractivity contribution in [3.05, 3.63) is 0 Å². The van der Waals surface area contributed by atoms with Crippen molar-refractivity contribution in [1.82, 2.24) is 20.9 Å². The van der Waals surface area contributed by atoms with E-state index < -0.39 is 0 Å². The number of nitrogens with one attached hydrogen (secondary N) is 3. The molecule has 0 spiro atoms. The highest BCUT2D eigenvalue weighted by Gasteiger charge is 2.05. The van der Waals surface area contributed by atoms with Gasteiger partial charge in [-0.05, 0) is 13.0 Å². The first kappa shape index (κ1) is 23.9. The Hall–Kier alpha value is -0.160. The van der Waals surface area contributed by atoms with Gasteiger partial charge in [-0.25, -0.2) is 0 Å². The summed E-state index contributed by atoms with van der Waals surface area (Å²) in [6.45, 7) is 12.6. The van der Waals surface area contributed by atoms with E-state index >= 15 is 0 Å². The molecule has 0 amide bonds. The summed E-state index contributed by atoms with van der Waals surface area (Å²) in [6, 6.07) is 0. The van der Waals surface area contributed by atoms with Gasteiger partial charge in [0.25, 0.3) is 0 Å². The first-order valence-electron chi connectivity index (χ1n) is 11.8. The first-order chi connectivity index (χ1) is 12.9. The van der Waals surface area contributed by atoms with Crippen LogP contribution in [0.1, 0.15) is 84.0 Å². The Morgan fingerprint density at radius 1 is 0.500 bits per heavy atom. The predicted octanol–water partition coefficient (Wildman–Crippen LogP) is 3.77. The molecule has 1 aliphatic heterocycles. The average Bonchev–Trinajstić information content (AvgIpc) is 2.64. The monoisotopic (exact) mass is 368 g/mol. The summed E-state index contributed by atoms with van der Waals surface area (Å²) in [7, 11) is 0. The summed E-state index contributed by atoms with van der Waals surface area (Å²) >= 11 is 0. The summed E-state index contributed by atoms with van der Waals surface area (Å²) in [4.78, 5) is 2.64. The van der Waals surface area contributed by atoms with E-state index in [0.717, 1.165) is 39.3 Å². The molecule has 0 saturated carbocycles. The van der Waals surface area contributed by atoms with Crippen molar-refractivity contribution in [2.24, 2.45) is 0 Å². The number of rotatable bonds is 13. The Morgan fingerprint density at radius 3 is 1.35 bits per heavy atom. The third-order valence-corrected chi connectivity index (χ3v) is 5.49. The van der Waals surface area contributed by atoms with Crippen molar-refractivity contribution in [1.29, 1.82) is 0 Å². The van der Waals surface area contributed by atoms with Crippen molar-refractivity contribution in [3.63, 3.8) is 0 Å². The largest absolute Gasteiger partial charge is 0.314 e. The van der Waals surface area contributed by atoms with Crippen LogP contribution in [0.3, 0.4) is 0 Å². The van der Waals surface area contributed by atoms with Crippen molar-refractivity contribution in [3.8, 4) is 0 Å². The molecule has 4 nitrogen and oxygen atoms in total. The van der Waals surface area contributed by atoms with Gasteiger partial charge in [0.05, 0.1) is 0 Å². The molecule has 1 rings (SSSR count). The van der Waals surface area contributed by atoms with E-state index in [2.05, 4.69) is 27.8 Å². The highest BCUT2D eigenvalue weighted by atomic mass is 15.2. The molecule has 1 saturated heterocycles. The zero-order valence-corrected chi connectivity index (χ0v) is 17.8. The lowest BCUT2D eigenvalue weighted by atomic mass is 10.1. The molecular formula is C22H48N4. The SMILES string of the molecule is CCCCCCCCCCCCCCN1CCNCCNCCNCC1. The maximum Gasteiger partial charge on any atom is 0.0107 e. The molecule has 1 aliphatic rings. The first-order valence-corrected chi connectivity index (χ1v) is 11.8. The number of nitrogens with zero attached hydrogens (tertiary/aromatic N) is 1. The van der Waals surface area contributed by atoms with Gasteiger partial charge < -0.3 is 20.9 Å². The fourth-order valence-electron chi connectivity index (χ4n) is 3.71. The van der Waals surface area contributed by atoms with E-state index in [1.165, 1.54) is 96.7 Å². The third-order valence-electron chi connectivity index (χ3n) is 5.49. The van der Waals surface area contributed by atoms with Crippen LogP contribution in [0.5, 0.6) is 0 Å². The van der Waals surface area contributed by atoms with E-state index in [-0.39, 0.29) is 0 Å². The Bertz CT molecular complexity index is 261. The van der Waals surface area contributed by atoms with Crippen molar-refractivity contribution in [2.75, 3.05) is 58.9 Å². The van der Waals surface area contributed by atoms with E-state index in [9.17, 15) is 0 Å². The van der Waals surface area contributed by atoms with Gasteiger partial charge in [0.1, 0.15) is 0 Å². The average molecular weight is 369 g/mol. The highest BCUT2D eigenvalue weighted by Crippen LogP contribution is 2.12. The van der Waals surface area contributed by atoms with E-state index in [0.29, 0.717) is 0 Å². The quantitative estimate of drug-likeness (QED) is 0.433. The highest BCUT2D eigenvalue weighted by molar-refractivity contribution is 4.65. The third kappa shape index (κ3) is 16.0. The Kier molecular flexibility index (Phi) is 18.0. The Morgan fingerprint density at radius 2 is 0.885 bits per heavy atom. The molecule has 0 aromatic heterocycles. The maximum atomic E-state index is 3.55. The molecule has 0 unspecified atom stereocenters. The molecule has 156 valence electrons. The van der Waals surface area contributed by atoms with Gasteiger partial charge in [-0.3, -0.25) is 0 Å². The van der Waals surface area contributed by atoms with Crippen LogP contribution in [0.15, 0.2) is 0 Å².